The lowest BCUT2D eigenvalue weighted by Crippen LogP contribution is -2.23. The Labute approximate surface area is 271 Å². The zero-order chi connectivity index (χ0) is 32.6. The third-order valence-corrected chi connectivity index (χ3v) is 9.60. The van der Waals surface area contributed by atoms with E-state index < -0.39 is 0 Å². The van der Waals surface area contributed by atoms with Gasteiger partial charge in [0.1, 0.15) is 5.78 Å². The van der Waals surface area contributed by atoms with Gasteiger partial charge in [0.25, 0.3) is 6.47 Å². The second-order valence-corrected chi connectivity index (χ2v) is 13.8. The number of Topliss-reactive ketones (excluding diaryl/α,β-unsaturated/α-hetero) is 1. The monoisotopic (exact) mass is 631 g/mol. The number of fused-ring (bicyclic) bond motifs is 1. The summed E-state index contributed by atoms with van der Waals surface area (Å²) in [5.74, 6) is 5.86. The number of benzene rings is 1. The molecule has 1 aromatic carbocycles. The van der Waals surface area contributed by atoms with Gasteiger partial charge in [0, 0.05) is 70.9 Å². The molecule has 0 aliphatic heterocycles. The molecular weight excluding hydrogens is 582 g/mol. The number of rotatable bonds is 18. The van der Waals surface area contributed by atoms with Gasteiger partial charge in [0.15, 0.2) is 0 Å². The Morgan fingerprint density at radius 2 is 2.00 bits per heavy atom. The fraction of sp³-hybridized carbons (Fsp3) is 0.500. The second-order valence-electron chi connectivity index (χ2n) is 12.9. The van der Waals surface area contributed by atoms with Crippen LogP contribution in [0.25, 0.3) is 33.4 Å². The van der Waals surface area contributed by atoms with Crippen LogP contribution in [0.2, 0.25) is 0 Å². The number of carbonyl (C=O) groups is 2. The van der Waals surface area contributed by atoms with Crippen molar-refractivity contribution >= 4 is 34.5 Å². The number of unbranched alkanes of at least 4 members (excludes halogenated alkanes) is 1. The van der Waals surface area contributed by atoms with Crippen LogP contribution in [0.4, 0.5) is 0 Å². The first-order valence-corrected chi connectivity index (χ1v) is 17.1. The molecule has 4 rings (SSSR count). The molecule has 0 fully saturated rings. The van der Waals surface area contributed by atoms with Gasteiger partial charge in [-0.1, -0.05) is 40.7 Å². The number of carbonyl (C=O) groups excluding carboxylic acids is 2. The molecule has 0 aliphatic carbocycles. The summed E-state index contributed by atoms with van der Waals surface area (Å²) in [7, 11) is 0. The van der Waals surface area contributed by atoms with E-state index in [-0.39, 0.29) is 17.1 Å². The largest absolute Gasteiger partial charge is 0.467 e. The summed E-state index contributed by atoms with van der Waals surface area (Å²) in [4.78, 5) is 33.7. The third-order valence-electron chi connectivity index (χ3n) is 8.73. The van der Waals surface area contributed by atoms with E-state index >= 15 is 0 Å². The Morgan fingerprint density at radius 1 is 1.20 bits per heavy atom. The van der Waals surface area contributed by atoms with Crippen LogP contribution in [0.1, 0.15) is 89.4 Å². The van der Waals surface area contributed by atoms with Crippen LogP contribution >= 0.6 is 11.3 Å². The lowest BCUT2D eigenvalue weighted by Gasteiger charge is -2.25. The number of pyridine rings is 1. The maximum absolute atomic E-state index is 12.7. The molecule has 8 nitrogen and oxygen atoms in total. The van der Waals surface area contributed by atoms with Gasteiger partial charge >= 0.3 is 0 Å². The molecule has 3 N–H and O–H groups in total. The summed E-state index contributed by atoms with van der Waals surface area (Å²) in [6.07, 6.45) is 6.56. The smallest absolute Gasteiger partial charge is 0.293 e. The quantitative estimate of drug-likeness (QED) is 0.0507. The molecule has 4 aromatic rings. The predicted molar refractivity (Wildman–Crippen MR) is 184 cm³/mol. The summed E-state index contributed by atoms with van der Waals surface area (Å²) in [6, 6.07) is 10.8. The Bertz CT molecular complexity index is 1590. The number of thiazole rings is 1. The number of hydrogen-bond donors (Lipinski definition) is 2. The lowest BCUT2D eigenvalue weighted by molar-refractivity contribution is -0.131. The van der Waals surface area contributed by atoms with Gasteiger partial charge in [-0.25, -0.2) is 4.98 Å². The second kappa shape index (κ2) is 15.7. The number of ketones is 1. The van der Waals surface area contributed by atoms with Gasteiger partial charge in [-0.05, 0) is 68.4 Å². The summed E-state index contributed by atoms with van der Waals surface area (Å²) in [6.45, 7) is 15.3. The van der Waals surface area contributed by atoms with Crippen molar-refractivity contribution in [3.8, 4) is 22.5 Å². The summed E-state index contributed by atoms with van der Waals surface area (Å²) in [5, 5.41) is 4.25. The Kier molecular flexibility index (Phi) is 12.1. The van der Waals surface area contributed by atoms with Crippen LogP contribution < -0.4 is 11.3 Å². The number of aromatic nitrogens is 3. The molecule has 242 valence electrons. The Morgan fingerprint density at radius 3 is 2.71 bits per heavy atom. The highest BCUT2D eigenvalue weighted by molar-refractivity contribution is 7.10. The standard InChI is InChI=1S/C36H49N5O3S/c1-7-24(3)34-27(12-11-16-38-34)35-29(20-36(5,6)22-44-23-42)28-19-26(14-15-31(28)41(35)8-2)30-21-45-33(40-30)18-25(4)32(43)13-9-10-17-39-37/h11-12,14-16,19,21,23-25,39H,7-10,13,17-18,20,22,37H2,1-6H3. The molecule has 3 heterocycles. The Balaban J connectivity index is 1.76. The van der Waals surface area contributed by atoms with Crippen molar-refractivity contribution in [1.82, 2.24) is 20.0 Å². The van der Waals surface area contributed by atoms with E-state index in [1.807, 2.05) is 19.2 Å². The minimum Gasteiger partial charge on any atom is -0.467 e. The lowest BCUT2D eigenvalue weighted by atomic mass is 9.84. The van der Waals surface area contributed by atoms with E-state index in [0.717, 1.165) is 71.8 Å². The first kappa shape index (κ1) is 34.5. The molecule has 0 amide bonds. The molecule has 0 saturated carbocycles. The van der Waals surface area contributed by atoms with Gasteiger partial charge in [0.2, 0.25) is 0 Å². The van der Waals surface area contributed by atoms with Crippen molar-refractivity contribution < 1.29 is 14.3 Å². The number of hydrazine groups is 1. The zero-order valence-corrected chi connectivity index (χ0v) is 28.5. The van der Waals surface area contributed by atoms with Gasteiger partial charge < -0.3 is 9.30 Å². The van der Waals surface area contributed by atoms with E-state index in [4.69, 9.17) is 20.5 Å². The van der Waals surface area contributed by atoms with Crippen LogP contribution in [0, 0.1) is 11.3 Å². The first-order valence-electron chi connectivity index (χ1n) is 16.2. The number of aryl methyl sites for hydroxylation is 1. The van der Waals surface area contributed by atoms with Crippen molar-refractivity contribution in [2.75, 3.05) is 13.2 Å². The minimum absolute atomic E-state index is 0.0694. The molecule has 9 heteroatoms. The zero-order valence-electron chi connectivity index (χ0n) is 27.7. The van der Waals surface area contributed by atoms with Crippen molar-refractivity contribution in [3.05, 3.63) is 58.2 Å². The molecule has 0 radical (unpaired) electrons. The van der Waals surface area contributed by atoms with E-state index in [0.29, 0.717) is 31.8 Å². The summed E-state index contributed by atoms with van der Waals surface area (Å²) >= 11 is 1.62. The average Bonchev–Trinajstić information content (AvgIpc) is 3.63. The molecular formula is C36H49N5O3S. The van der Waals surface area contributed by atoms with Crippen LogP contribution in [-0.4, -0.2) is 39.9 Å². The molecule has 0 aliphatic rings. The number of nitrogens with one attached hydrogen (secondary N) is 1. The van der Waals surface area contributed by atoms with Crippen LogP contribution in [-0.2, 0) is 33.7 Å². The SMILES string of the molecule is CCC(C)c1ncccc1-c1c(CC(C)(C)COC=O)c2cc(-c3csc(CC(C)C(=O)CCCCNN)n3)ccc2n1CC. The predicted octanol–water partition coefficient (Wildman–Crippen LogP) is 7.48. The first-order chi connectivity index (χ1) is 21.6. The van der Waals surface area contributed by atoms with Crippen LogP contribution in [0.3, 0.4) is 0 Å². The van der Waals surface area contributed by atoms with E-state index in [1.165, 1.54) is 16.6 Å². The van der Waals surface area contributed by atoms with Crippen LogP contribution in [0.5, 0.6) is 0 Å². The van der Waals surface area contributed by atoms with E-state index in [2.05, 4.69) is 74.3 Å². The number of nitrogens with zero attached hydrogens (tertiary/aromatic N) is 3. The summed E-state index contributed by atoms with van der Waals surface area (Å²) < 4.78 is 7.68. The summed E-state index contributed by atoms with van der Waals surface area (Å²) in [5.41, 5.74) is 10.2. The molecule has 45 heavy (non-hydrogen) atoms. The van der Waals surface area contributed by atoms with E-state index in [9.17, 15) is 9.59 Å². The van der Waals surface area contributed by atoms with Crippen molar-refractivity contribution in [1.29, 1.82) is 0 Å². The maximum Gasteiger partial charge on any atom is 0.293 e. The van der Waals surface area contributed by atoms with Gasteiger partial charge in [-0.2, -0.15) is 0 Å². The fourth-order valence-electron chi connectivity index (χ4n) is 6.08. The third kappa shape index (κ3) is 8.26. The van der Waals surface area contributed by atoms with E-state index in [1.54, 1.807) is 11.3 Å². The maximum atomic E-state index is 12.7. The van der Waals surface area contributed by atoms with Gasteiger partial charge in [0.05, 0.1) is 28.7 Å². The highest BCUT2D eigenvalue weighted by atomic mass is 32.1. The Hall–Kier alpha value is -3.40. The van der Waals surface area contributed by atoms with Crippen molar-refractivity contribution in [3.63, 3.8) is 0 Å². The average molecular weight is 632 g/mol. The molecule has 2 atom stereocenters. The molecule has 2 unspecified atom stereocenters. The molecule has 0 saturated heterocycles. The highest BCUT2D eigenvalue weighted by Crippen LogP contribution is 2.42. The molecule has 3 aromatic heterocycles. The van der Waals surface area contributed by atoms with Gasteiger partial charge in [-0.3, -0.25) is 25.8 Å². The number of nitrogens with two attached hydrogens (primary N) is 1. The topological polar surface area (TPSA) is 112 Å². The highest BCUT2D eigenvalue weighted by Gasteiger charge is 2.28. The fourth-order valence-corrected chi connectivity index (χ4v) is 7.01. The molecule has 0 spiro atoms. The minimum atomic E-state index is -0.283. The van der Waals surface area contributed by atoms with Crippen molar-refractivity contribution in [2.24, 2.45) is 17.2 Å². The number of ether oxygens (including phenoxy) is 1. The normalized spacial score (nSPS) is 13.2. The van der Waals surface area contributed by atoms with Crippen LogP contribution in [0.15, 0.2) is 41.9 Å². The van der Waals surface area contributed by atoms with Gasteiger partial charge in [-0.15, -0.1) is 11.3 Å². The van der Waals surface area contributed by atoms with Crippen molar-refractivity contribution in [2.45, 2.75) is 92.5 Å². The number of hydrogen-bond acceptors (Lipinski definition) is 8. The molecule has 0 bridgehead atoms.